The van der Waals surface area contributed by atoms with Gasteiger partial charge in [-0.05, 0) is 25.2 Å². The van der Waals surface area contributed by atoms with Gasteiger partial charge in [-0.15, -0.1) is 0 Å². The van der Waals surface area contributed by atoms with Crippen LogP contribution in [-0.4, -0.2) is 54.1 Å². The van der Waals surface area contributed by atoms with Gasteiger partial charge in [0, 0.05) is 31.7 Å². The number of halogens is 2. The molecule has 7 heteroatoms. The zero-order chi connectivity index (χ0) is 15.7. The van der Waals surface area contributed by atoms with Crippen LogP contribution in [0.1, 0.15) is 10.4 Å². The van der Waals surface area contributed by atoms with E-state index in [-0.39, 0.29) is 22.8 Å². The number of benzene rings is 1. The second kappa shape index (κ2) is 5.84. The minimum Gasteiger partial charge on any atom is -0.355 e. The maximum absolute atomic E-state index is 13.4. The third kappa shape index (κ3) is 2.71. The van der Waals surface area contributed by atoms with Crippen molar-refractivity contribution in [1.82, 2.24) is 15.0 Å². The van der Waals surface area contributed by atoms with Crippen molar-refractivity contribution in [2.75, 3.05) is 33.2 Å². The number of piperazine rings is 1. The van der Waals surface area contributed by atoms with Gasteiger partial charge in [0.2, 0.25) is 0 Å². The summed E-state index contributed by atoms with van der Waals surface area (Å²) in [6, 6.07) is 3.35. The Balaban J connectivity index is 1.88. The summed E-state index contributed by atoms with van der Waals surface area (Å²) in [5.41, 5.74) is 0.546. The molecule has 1 amide bonds. The fourth-order valence-corrected chi connectivity index (χ4v) is 2.42. The smallest absolute Gasteiger partial charge is 0.259 e. The highest BCUT2D eigenvalue weighted by atomic mass is 19.2. The highest BCUT2D eigenvalue weighted by Crippen LogP contribution is 2.26. The fraction of sp³-hybridized carbons (Fsp3) is 0.333. The molecular formula is C15H15F2N3O2. The molecule has 0 unspecified atom stereocenters. The van der Waals surface area contributed by atoms with Gasteiger partial charge in [0.1, 0.15) is 5.56 Å². The van der Waals surface area contributed by atoms with Crippen LogP contribution in [0, 0.1) is 11.6 Å². The molecule has 1 saturated heterocycles. The zero-order valence-electron chi connectivity index (χ0n) is 12.1. The molecule has 1 aliphatic heterocycles. The van der Waals surface area contributed by atoms with Crippen LogP contribution in [0.2, 0.25) is 0 Å². The number of carbonyl (C=O) groups is 1. The summed E-state index contributed by atoms with van der Waals surface area (Å²) >= 11 is 0. The summed E-state index contributed by atoms with van der Waals surface area (Å²) < 4.78 is 31.5. The van der Waals surface area contributed by atoms with Gasteiger partial charge in [0.25, 0.3) is 5.91 Å². The summed E-state index contributed by atoms with van der Waals surface area (Å²) in [4.78, 5) is 16.4. The topological polar surface area (TPSA) is 49.6 Å². The highest BCUT2D eigenvalue weighted by molar-refractivity contribution is 5.99. The number of carbonyl (C=O) groups excluding carboxylic acids is 1. The van der Waals surface area contributed by atoms with Crippen LogP contribution in [0.3, 0.4) is 0 Å². The van der Waals surface area contributed by atoms with E-state index < -0.39 is 11.6 Å². The SMILES string of the molecule is CN1CCN(C(=O)c2cnoc2-c2ccc(F)c(F)c2)CC1. The summed E-state index contributed by atoms with van der Waals surface area (Å²) in [5, 5.41) is 3.63. The molecule has 1 fully saturated rings. The number of aromatic nitrogens is 1. The standard InChI is InChI=1S/C15H15F2N3O2/c1-19-4-6-20(7-5-19)15(21)11-9-18-22-14(11)10-2-3-12(16)13(17)8-10/h2-3,8-9H,4-7H2,1H3. The van der Waals surface area contributed by atoms with Crippen LogP contribution in [0.25, 0.3) is 11.3 Å². The number of rotatable bonds is 2. The number of hydrogen-bond donors (Lipinski definition) is 0. The first-order valence-electron chi connectivity index (χ1n) is 6.94. The van der Waals surface area contributed by atoms with Crippen LogP contribution in [0.5, 0.6) is 0 Å². The van der Waals surface area contributed by atoms with Crippen LogP contribution in [-0.2, 0) is 0 Å². The van der Waals surface area contributed by atoms with Crippen LogP contribution in [0.4, 0.5) is 8.78 Å². The Morgan fingerprint density at radius 2 is 1.91 bits per heavy atom. The highest BCUT2D eigenvalue weighted by Gasteiger charge is 2.25. The largest absolute Gasteiger partial charge is 0.355 e. The first-order chi connectivity index (χ1) is 10.6. The van der Waals surface area contributed by atoms with Gasteiger partial charge in [-0.1, -0.05) is 5.16 Å². The lowest BCUT2D eigenvalue weighted by molar-refractivity contribution is 0.0664. The van der Waals surface area contributed by atoms with Crippen molar-refractivity contribution < 1.29 is 18.1 Å². The van der Waals surface area contributed by atoms with Gasteiger partial charge < -0.3 is 14.3 Å². The normalized spacial score (nSPS) is 16.0. The molecule has 22 heavy (non-hydrogen) atoms. The second-order valence-corrected chi connectivity index (χ2v) is 5.29. The molecule has 1 aromatic carbocycles. The molecule has 2 heterocycles. The number of nitrogens with zero attached hydrogens (tertiary/aromatic N) is 3. The van der Waals surface area contributed by atoms with E-state index in [1.54, 1.807) is 4.90 Å². The van der Waals surface area contributed by atoms with Crippen molar-refractivity contribution in [1.29, 1.82) is 0 Å². The molecule has 0 aliphatic carbocycles. The fourth-order valence-electron chi connectivity index (χ4n) is 2.42. The lowest BCUT2D eigenvalue weighted by atomic mass is 10.1. The van der Waals surface area contributed by atoms with Crippen LogP contribution >= 0.6 is 0 Å². The number of amides is 1. The molecule has 1 aromatic heterocycles. The maximum atomic E-state index is 13.4. The Morgan fingerprint density at radius 1 is 1.18 bits per heavy atom. The molecule has 3 rings (SSSR count). The predicted octanol–water partition coefficient (Wildman–Crippen LogP) is 2.01. The van der Waals surface area contributed by atoms with Gasteiger partial charge >= 0.3 is 0 Å². The van der Waals surface area contributed by atoms with E-state index in [0.717, 1.165) is 25.2 Å². The van der Waals surface area contributed by atoms with Gasteiger partial charge in [0.15, 0.2) is 17.4 Å². The van der Waals surface area contributed by atoms with Crippen molar-refractivity contribution >= 4 is 5.91 Å². The van der Waals surface area contributed by atoms with Crippen molar-refractivity contribution in [3.05, 3.63) is 41.6 Å². The van der Waals surface area contributed by atoms with Gasteiger partial charge in [-0.2, -0.15) is 0 Å². The van der Waals surface area contributed by atoms with Gasteiger partial charge in [-0.3, -0.25) is 4.79 Å². The Bertz CT molecular complexity index is 694. The Kier molecular flexibility index (Phi) is 3.89. The van der Waals surface area contributed by atoms with E-state index in [1.165, 1.54) is 12.3 Å². The molecule has 1 aliphatic rings. The van der Waals surface area contributed by atoms with E-state index in [1.807, 2.05) is 7.05 Å². The summed E-state index contributed by atoms with van der Waals surface area (Å²) in [6.45, 7) is 2.80. The average molecular weight is 307 g/mol. The van der Waals surface area contributed by atoms with Crippen molar-refractivity contribution in [2.45, 2.75) is 0 Å². The first-order valence-corrected chi connectivity index (χ1v) is 6.94. The molecule has 0 atom stereocenters. The average Bonchev–Trinajstić information content (AvgIpc) is 2.99. The van der Waals surface area contributed by atoms with Crippen molar-refractivity contribution in [3.63, 3.8) is 0 Å². The monoisotopic (exact) mass is 307 g/mol. The lowest BCUT2D eigenvalue weighted by Gasteiger charge is -2.32. The quantitative estimate of drug-likeness (QED) is 0.851. The molecule has 0 saturated carbocycles. The molecule has 0 N–H and O–H groups in total. The van der Waals surface area contributed by atoms with E-state index in [4.69, 9.17) is 4.52 Å². The molecule has 5 nitrogen and oxygen atoms in total. The van der Waals surface area contributed by atoms with E-state index in [2.05, 4.69) is 10.1 Å². The zero-order valence-corrected chi connectivity index (χ0v) is 12.1. The minimum absolute atomic E-state index is 0.155. The Morgan fingerprint density at radius 3 is 2.59 bits per heavy atom. The van der Waals surface area contributed by atoms with E-state index in [9.17, 15) is 13.6 Å². The molecule has 0 bridgehead atoms. The van der Waals surface area contributed by atoms with Gasteiger partial charge in [0.05, 0.1) is 6.20 Å². The first kappa shape index (κ1) is 14.6. The van der Waals surface area contributed by atoms with E-state index in [0.29, 0.717) is 13.1 Å². The maximum Gasteiger partial charge on any atom is 0.259 e. The number of hydrogen-bond acceptors (Lipinski definition) is 4. The minimum atomic E-state index is -0.994. The molecule has 2 aromatic rings. The van der Waals surface area contributed by atoms with Crippen LogP contribution < -0.4 is 0 Å². The van der Waals surface area contributed by atoms with Crippen LogP contribution in [0.15, 0.2) is 28.9 Å². The summed E-state index contributed by atoms with van der Waals surface area (Å²) in [5.74, 6) is -2.00. The molecular weight excluding hydrogens is 292 g/mol. The Labute approximate surface area is 126 Å². The van der Waals surface area contributed by atoms with Crippen molar-refractivity contribution in [3.8, 4) is 11.3 Å². The van der Waals surface area contributed by atoms with Gasteiger partial charge in [-0.25, -0.2) is 8.78 Å². The second-order valence-electron chi connectivity index (χ2n) is 5.29. The Hall–Kier alpha value is -2.28. The molecule has 0 radical (unpaired) electrons. The predicted molar refractivity (Wildman–Crippen MR) is 75.3 cm³/mol. The molecule has 116 valence electrons. The third-order valence-corrected chi connectivity index (χ3v) is 3.77. The van der Waals surface area contributed by atoms with Crippen molar-refractivity contribution in [2.24, 2.45) is 0 Å². The summed E-state index contributed by atoms with van der Waals surface area (Å²) in [6.07, 6.45) is 1.32. The molecule has 0 spiro atoms. The third-order valence-electron chi connectivity index (χ3n) is 3.77. The number of likely N-dealkylation sites (N-methyl/N-ethyl adjacent to an activating group) is 1. The lowest BCUT2D eigenvalue weighted by Crippen LogP contribution is -2.47. The summed E-state index contributed by atoms with van der Waals surface area (Å²) in [7, 11) is 1.99. The van der Waals surface area contributed by atoms with E-state index >= 15 is 0 Å².